The lowest BCUT2D eigenvalue weighted by Gasteiger charge is -2.36. The third-order valence-electron chi connectivity index (χ3n) is 6.05. The minimum absolute atomic E-state index is 0.232. The van der Waals surface area contributed by atoms with E-state index in [1.165, 1.54) is 7.11 Å². The van der Waals surface area contributed by atoms with Gasteiger partial charge >= 0.3 is 5.97 Å². The molecular formula is C26H39NO4Si. The van der Waals surface area contributed by atoms with Gasteiger partial charge in [-0.3, -0.25) is 0 Å². The highest BCUT2D eigenvalue weighted by Crippen LogP contribution is 2.36. The van der Waals surface area contributed by atoms with Gasteiger partial charge in [0.05, 0.1) is 13.7 Å². The molecule has 2 aromatic rings. The molecule has 2 aromatic carbocycles. The molecule has 0 aliphatic carbocycles. The van der Waals surface area contributed by atoms with Gasteiger partial charge in [0.1, 0.15) is 11.3 Å². The average Bonchev–Trinajstić information content (AvgIpc) is 2.72. The lowest BCUT2D eigenvalue weighted by atomic mass is 10.0. The van der Waals surface area contributed by atoms with Crippen LogP contribution in [0.15, 0.2) is 48.5 Å². The Bertz CT molecular complexity index is 868. The second kappa shape index (κ2) is 10.5. The summed E-state index contributed by atoms with van der Waals surface area (Å²) < 4.78 is 16.9. The van der Waals surface area contributed by atoms with Crippen LogP contribution < -0.4 is 10.1 Å². The van der Waals surface area contributed by atoms with Crippen molar-refractivity contribution in [3.05, 3.63) is 48.5 Å². The molecule has 0 bridgehead atoms. The van der Waals surface area contributed by atoms with Gasteiger partial charge < -0.3 is 19.2 Å². The minimum Gasteiger partial charge on any atom is -0.494 e. The van der Waals surface area contributed by atoms with Crippen LogP contribution in [0.3, 0.4) is 0 Å². The first-order chi connectivity index (χ1) is 14.9. The van der Waals surface area contributed by atoms with E-state index in [1.807, 2.05) is 36.4 Å². The van der Waals surface area contributed by atoms with Crippen molar-refractivity contribution in [3.63, 3.8) is 0 Å². The van der Waals surface area contributed by atoms with E-state index in [2.05, 4.69) is 51.3 Å². The molecule has 0 aromatic heterocycles. The van der Waals surface area contributed by atoms with Crippen LogP contribution in [0.5, 0.6) is 5.75 Å². The van der Waals surface area contributed by atoms with Crippen LogP contribution in [0, 0.1) is 0 Å². The number of hydrogen-bond donors (Lipinski definition) is 1. The zero-order valence-corrected chi connectivity index (χ0v) is 21.9. The van der Waals surface area contributed by atoms with Crippen LogP contribution in [0.4, 0.5) is 5.69 Å². The predicted molar refractivity (Wildman–Crippen MR) is 135 cm³/mol. The Labute approximate surface area is 194 Å². The largest absolute Gasteiger partial charge is 0.494 e. The molecule has 0 saturated heterocycles. The molecule has 1 N–H and O–H groups in total. The molecule has 0 unspecified atom stereocenters. The molecule has 176 valence electrons. The second-order valence-electron chi connectivity index (χ2n) is 10.2. The van der Waals surface area contributed by atoms with Crippen LogP contribution in [-0.2, 0) is 14.0 Å². The molecule has 0 aliphatic rings. The Balaban J connectivity index is 1.85. The van der Waals surface area contributed by atoms with Gasteiger partial charge in [-0.2, -0.15) is 0 Å². The van der Waals surface area contributed by atoms with Gasteiger partial charge in [-0.25, -0.2) is 4.79 Å². The molecule has 6 heteroatoms. The quantitative estimate of drug-likeness (QED) is 0.250. The molecular weight excluding hydrogens is 418 g/mol. The molecule has 2 rings (SSSR count). The number of rotatable bonds is 10. The van der Waals surface area contributed by atoms with Gasteiger partial charge in [0.25, 0.3) is 0 Å². The molecule has 0 aliphatic heterocycles. The lowest BCUT2D eigenvalue weighted by molar-refractivity contribution is -0.144. The summed E-state index contributed by atoms with van der Waals surface area (Å²) in [5.74, 6) is 0.558. The Hall–Kier alpha value is -2.31. The fourth-order valence-corrected chi connectivity index (χ4v) is 4.04. The highest BCUT2D eigenvalue weighted by molar-refractivity contribution is 6.74. The van der Waals surface area contributed by atoms with E-state index in [-0.39, 0.29) is 11.0 Å². The number of nitrogens with one attached hydrogen (secondary N) is 1. The smallest absolute Gasteiger partial charge is 0.330 e. The topological polar surface area (TPSA) is 56.8 Å². The number of carbonyl (C=O) groups is 1. The van der Waals surface area contributed by atoms with Gasteiger partial charge in [0.2, 0.25) is 0 Å². The van der Waals surface area contributed by atoms with E-state index in [0.717, 1.165) is 35.6 Å². The van der Waals surface area contributed by atoms with E-state index in [1.54, 1.807) is 13.8 Å². The number of methoxy groups -OCH3 is 1. The molecule has 0 fully saturated rings. The normalized spacial score (nSPS) is 12.4. The SMILES string of the molecule is COC(=O)C(C)(C)Nc1ccc(-c2ccc(OCCCO[Si](C)(C)C(C)(C)C)cc2)cc1. The van der Waals surface area contributed by atoms with Crippen LogP contribution >= 0.6 is 0 Å². The fourth-order valence-electron chi connectivity index (χ4n) is 2.95. The molecule has 0 radical (unpaired) electrons. The number of hydrogen-bond acceptors (Lipinski definition) is 5. The number of benzene rings is 2. The molecule has 0 atom stereocenters. The number of carbonyl (C=O) groups excluding carboxylic acids is 1. The van der Waals surface area contributed by atoms with Crippen molar-refractivity contribution in [2.24, 2.45) is 0 Å². The van der Waals surface area contributed by atoms with Crippen molar-refractivity contribution < 1.29 is 18.7 Å². The van der Waals surface area contributed by atoms with Gasteiger partial charge in [0, 0.05) is 18.7 Å². The first kappa shape index (κ1) is 25.9. The Kier molecular flexibility index (Phi) is 8.54. The summed E-state index contributed by atoms with van der Waals surface area (Å²) in [4.78, 5) is 11.9. The highest BCUT2D eigenvalue weighted by Gasteiger charge is 2.36. The molecule has 0 heterocycles. The van der Waals surface area contributed by atoms with Crippen molar-refractivity contribution in [1.82, 2.24) is 0 Å². The standard InChI is InChI=1S/C26H39NO4Si/c1-25(2,3)32(7,8)31-19-9-18-30-23-16-12-21(13-17-23)20-10-14-22(15-11-20)27-26(4,5)24(28)29-6/h10-17,27H,9,18-19H2,1-8H3. The summed E-state index contributed by atoms with van der Waals surface area (Å²) in [5.41, 5.74) is 2.28. The maximum atomic E-state index is 11.9. The zero-order chi connectivity index (χ0) is 24.0. The van der Waals surface area contributed by atoms with E-state index < -0.39 is 13.9 Å². The Morgan fingerprint density at radius 3 is 1.91 bits per heavy atom. The molecule has 32 heavy (non-hydrogen) atoms. The summed E-state index contributed by atoms with van der Waals surface area (Å²) in [6.07, 6.45) is 0.880. The number of anilines is 1. The summed E-state index contributed by atoms with van der Waals surface area (Å²) in [6.45, 7) is 16.3. The van der Waals surface area contributed by atoms with Crippen LogP contribution in [0.1, 0.15) is 41.0 Å². The van der Waals surface area contributed by atoms with E-state index >= 15 is 0 Å². The Morgan fingerprint density at radius 1 is 0.875 bits per heavy atom. The summed E-state index contributed by atoms with van der Waals surface area (Å²) in [6, 6.07) is 16.1. The lowest BCUT2D eigenvalue weighted by Crippen LogP contribution is -2.41. The van der Waals surface area contributed by atoms with Crippen LogP contribution in [0.25, 0.3) is 11.1 Å². The molecule has 0 amide bonds. The third kappa shape index (κ3) is 7.10. The summed E-state index contributed by atoms with van der Waals surface area (Å²) in [5, 5.41) is 3.44. The maximum Gasteiger partial charge on any atom is 0.330 e. The van der Waals surface area contributed by atoms with Crippen LogP contribution in [0.2, 0.25) is 18.1 Å². The van der Waals surface area contributed by atoms with Crippen molar-refractivity contribution in [3.8, 4) is 16.9 Å². The zero-order valence-electron chi connectivity index (χ0n) is 20.9. The number of ether oxygens (including phenoxy) is 2. The Morgan fingerprint density at radius 2 is 1.41 bits per heavy atom. The molecule has 0 saturated carbocycles. The van der Waals surface area contributed by atoms with Crippen molar-refractivity contribution in [2.45, 2.75) is 64.7 Å². The first-order valence-electron chi connectivity index (χ1n) is 11.2. The van der Waals surface area contributed by atoms with Gasteiger partial charge in [-0.1, -0.05) is 45.0 Å². The monoisotopic (exact) mass is 457 g/mol. The molecule has 0 spiro atoms. The maximum absolute atomic E-state index is 11.9. The van der Waals surface area contributed by atoms with E-state index in [4.69, 9.17) is 13.9 Å². The van der Waals surface area contributed by atoms with Gasteiger partial charge in [0.15, 0.2) is 8.32 Å². The third-order valence-corrected chi connectivity index (χ3v) is 10.6. The van der Waals surface area contributed by atoms with Crippen molar-refractivity contribution in [2.75, 3.05) is 25.6 Å². The summed E-state index contributed by atoms with van der Waals surface area (Å²) in [7, 11) is -0.293. The van der Waals surface area contributed by atoms with Gasteiger partial charge in [-0.05, 0) is 67.4 Å². The summed E-state index contributed by atoms with van der Waals surface area (Å²) >= 11 is 0. The van der Waals surface area contributed by atoms with Crippen molar-refractivity contribution in [1.29, 1.82) is 0 Å². The predicted octanol–water partition coefficient (Wildman–Crippen LogP) is 6.51. The number of esters is 1. The minimum atomic E-state index is -1.69. The molecule has 5 nitrogen and oxygen atoms in total. The van der Waals surface area contributed by atoms with E-state index in [0.29, 0.717) is 6.61 Å². The second-order valence-corrected chi connectivity index (χ2v) is 15.0. The highest BCUT2D eigenvalue weighted by atomic mass is 28.4. The fraction of sp³-hybridized carbons (Fsp3) is 0.500. The van der Waals surface area contributed by atoms with Crippen LogP contribution in [-0.4, -0.2) is 40.1 Å². The van der Waals surface area contributed by atoms with Crippen molar-refractivity contribution >= 4 is 20.0 Å². The van der Waals surface area contributed by atoms with Gasteiger partial charge in [-0.15, -0.1) is 0 Å². The van der Waals surface area contributed by atoms with E-state index in [9.17, 15) is 4.79 Å². The average molecular weight is 458 g/mol. The first-order valence-corrected chi connectivity index (χ1v) is 14.1.